The quantitative estimate of drug-likeness (QED) is 0.496. The number of aryl methyl sites for hydroxylation is 1. The van der Waals surface area contributed by atoms with Crippen LogP contribution in [-0.4, -0.2) is 47.0 Å². The minimum Gasteiger partial charge on any atom is -0.444 e. The highest BCUT2D eigenvalue weighted by Gasteiger charge is 2.38. The molecule has 2 N–H and O–H groups in total. The molecule has 0 saturated heterocycles. The maximum Gasteiger partial charge on any atom is 0.408 e. The summed E-state index contributed by atoms with van der Waals surface area (Å²) in [7, 11) is 0. The van der Waals surface area contributed by atoms with Crippen LogP contribution in [0.4, 0.5) is 4.79 Å². The number of amides is 3. The highest BCUT2D eigenvalue weighted by Crippen LogP contribution is 2.28. The van der Waals surface area contributed by atoms with Crippen LogP contribution in [0.5, 0.6) is 0 Å². The smallest absolute Gasteiger partial charge is 0.408 e. The number of nitrogens with zero attached hydrogens (tertiary/aromatic N) is 1. The van der Waals surface area contributed by atoms with Crippen molar-refractivity contribution in [3.63, 3.8) is 0 Å². The Hall–Kier alpha value is -2.57. The van der Waals surface area contributed by atoms with Crippen LogP contribution in [0, 0.1) is 19.8 Å². The molecule has 3 amide bonds. The Bertz CT molecular complexity index is 843. The van der Waals surface area contributed by atoms with Crippen molar-refractivity contribution in [1.29, 1.82) is 0 Å². The zero-order chi connectivity index (χ0) is 26.2. The Labute approximate surface area is 206 Å². The first-order valence-electron chi connectivity index (χ1n) is 12.4. The molecule has 1 rings (SSSR count). The lowest BCUT2D eigenvalue weighted by atomic mass is 9.93. The van der Waals surface area contributed by atoms with Gasteiger partial charge in [0, 0.05) is 12.6 Å². The van der Waals surface area contributed by atoms with Gasteiger partial charge in [-0.1, -0.05) is 45.4 Å². The number of unbranched alkanes of at least 4 members (excludes halogenated alkanes) is 1. The van der Waals surface area contributed by atoms with Gasteiger partial charge in [0.25, 0.3) is 0 Å². The molecule has 0 aromatic heterocycles. The van der Waals surface area contributed by atoms with Crippen molar-refractivity contribution in [2.45, 2.75) is 106 Å². The van der Waals surface area contributed by atoms with Crippen LogP contribution >= 0.6 is 0 Å². The number of alkyl carbamates (subject to hydrolysis) is 1. The highest BCUT2D eigenvalue weighted by molar-refractivity contribution is 5.92. The third kappa shape index (κ3) is 8.65. The van der Waals surface area contributed by atoms with E-state index in [0.717, 1.165) is 29.5 Å². The third-order valence-corrected chi connectivity index (χ3v) is 5.57. The summed E-state index contributed by atoms with van der Waals surface area (Å²) in [5, 5.41) is 5.75. The lowest BCUT2D eigenvalue weighted by Gasteiger charge is -2.36. The average Bonchev–Trinajstić information content (AvgIpc) is 2.69. The van der Waals surface area contributed by atoms with E-state index >= 15 is 0 Å². The Balaban J connectivity index is 3.52. The lowest BCUT2D eigenvalue weighted by molar-refractivity contribution is -0.143. The van der Waals surface area contributed by atoms with Crippen molar-refractivity contribution in [2.75, 3.05) is 6.54 Å². The molecule has 0 heterocycles. The first-order valence-corrected chi connectivity index (χ1v) is 12.4. The summed E-state index contributed by atoms with van der Waals surface area (Å²) >= 11 is 0. The zero-order valence-corrected chi connectivity index (χ0v) is 22.7. The molecule has 0 spiro atoms. The molecule has 0 fully saturated rings. The van der Waals surface area contributed by atoms with Crippen LogP contribution in [0.25, 0.3) is 0 Å². The van der Waals surface area contributed by atoms with Gasteiger partial charge in [-0.15, -0.1) is 0 Å². The van der Waals surface area contributed by atoms with Crippen LogP contribution < -0.4 is 10.6 Å². The molecule has 0 aliphatic carbocycles. The predicted molar refractivity (Wildman–Crippen MR) is 137 cm³/mol. The summed E-state index contributed by atoms with van der Waals surface area (Å²) in [5.74, 6) is -0.719. The van der Waals surface area contributed by atoms with Gasteiger partial charge in [-0.2, -0.15) is 0 Å². The van der Waals surface area contributed by atoms with Gasteiger partial charge in [-0.25, -0.2) is 4.79 Å². The maximum atomic E-state index is 14.0. The van der Waals surface area contributed by atoms with Gasteiger partial charge < -0.3 is 20.3 Å². The molecule has 0 aliphatic heterocycles. The van der Waals surface area contributed by atoms with Crippen molar-refractivity contribution in [3.8, 4) is 0 Å². The normalized spacial score (nSPS) is 13.4. The van der Waals surface area contributed by atoms with E-state index in [1.165, 1.54) is 0 Å². The van der Waals surface area contributed by atoms with Crippen LogP contribution in [0.15, 0.2) is 18.2 Å². The number of ether oxygens (including phenoxy) is 1. The minimum atomic E-state index is -0.828. The van der Waals surface area contributed by atoms with Gasteiger partial charge in [0.1, 0.15) is 17.7 Å². The fraction of sp³-hybridized carbons (Fsp3) is 0.667. The van der Waals surface area contributed by atoms with Crippen molar-refractivity contribution < 1.29 is 19.1 Å². The molecule has 0 radical (unpaired) electrons. The number of nitrogens with one attached hydrogen (secondary N) is 2. The molecule has 2 atom stereocenters. The van der Waals surface area contributed by atoms with Gasteiger partial charge in [0.2, 0.25) is 11.8 Å². The minimum absolute atomic E-state index is 0.0796. The Morgan fingerprint density at radius 2 is 1.65 bits per heavy atom. The molecule has 1 aromatic carbocycles. The van der Waals surface area contributed by atoms with E-state index < -0.39 is 23.8 Å². The van der Waals surface area contributed by atoms with E-state index in [1.807, 2.05) is 66.7 Å². The molecule has 192 valence electrons. The Kier molecular flexibility index (Phi) is 11.1. The van der Waals surface area contributed by atoms with E-state index in [0.29, 0.717) is 6.54 Å². The van der Waals surface area contributed by atoms with Gasteiger partial charge in [-0.05, 0) is 77.5 Å². The van der Waals surface area contributed by atoms with Crippen LogP contribution in [-0.2, 0) is 14.3 Å². The van der Waals surface area contributed by atoms with E-state index in [1.54, 1.807) is 25.7 Å². The number of benzene rings is 1. The predicted octanol–water partition coefficient (Wildman–Crippen LogP) is 5.05. The number of carbonyl (C=O) groups is 3. The Morgan fingerprint density at radius 3 is 2.15 bits per heavy atom. The fourth-order valence-electron chi connectivity index (χ4n) is 3.71. The van der Waals surface area contributed by atoms with Crippen LogP contribution in [0.1, 0.15) is 91.0 Å². The second kappa shape index (κ2) is 12.8. The number of carbonyl (C=O) groups excluding carboxylic acids is 3. The summed E-state index contributed by atoms with van der Waals surface area (Å²) in [6, 6.07) is 4.10. The monoisotopic (exact) mass is 475 g/mol. The molecule has 0 saturated carbocycles. The van der Waals surface area contributed by atoms with E-state index in [9.17, 15) is 14.4 Å². The fourth-order valence-corrected chi connectivity index (χ4v) is 3.71. The SMILES string of the molecule is CCCCN(C(=O)C(NC(=O)OC(C)(C)C)C(C)C)C(C(=O)NC(C)C)c1cccc(C)c1C. The molecule has 0 bridgehead atoms. The topological polar surface area (TPSA) is 87.7 Å². The molecule has 0 aliphatic rings. The second-order valence-corrected chi connectivity index (χ2v) is 10.6. The van der Waals surface area contributed by atoms with Gasteiger partial charge >= 0.3 is 6.09 Å². The summed E-state index contributed by atoms with van der Waals surface area (Å²) in [5.41, 5.74) is 2.13. The van der Waals surface area contributed by atoms with E-state index in [2.05, 4.69) is 10.6 Å². The molecule has 34 heavy (non-hydrogen) atoms. The highest BCUT2D eigenvalue weighted by atomic mass is 16.6. The standard InChI is InChI=1S/C27H45N3O4/c1-11-12-16-30(25(32)22(17(2)3)29-26(33)34-27(8,9)10)23(24(31)28-18(4)5)21-15-13-14-19(6)20(21)7/h13-15,17-18,22-23H,11-12,16H2,1-10H3,(H,28,31)(H,29,33). The lowest BCUT2D eigenvalue weighted by Crippen LogP contribution is -2.55. The van der Waals surface area contributed by atoms with Gasteiger partial charge in [0.15, 0.2) is 0 Å². The van der Waals surface area contributed by atoms with Crippen LogP contribution in [0.2, 0.25) is 0 Å². The Morgan fingerprint density at radius 1 is 1.03 bits per heavy atom. The number of hydrogen-bond acceptors (Lipinski definition) is 4. The van der Waals surface area contributed by atoms with Crippen molar-refractivity contribution in [3.05, 3.63) is 34.9 Å². The third-order valence-electron chi connectivity index (χ3n) is 5.57. The summed E-state index contributed by atoms with van der Waals surface area (Å²) in [4.78, 5) is 41.7. The number of rotatable bonds is 10. The van der Waals surface area contributed by atoms with Crippen LogP contribution in [0.3, 0.4) is 0 Å². The summed E-state index contributed by atoms with van der Waals surface area (Å²) < 4.78 is 5.41. The number of hydrogen-bond donors (Lipinski definition) is 2. The molecular weight excluding hydrogens is 430 g/mol. The second-order valence-electron chi connectivity index (χ2n) is 10.6. The molecule has 2 unspecified atom stereocenters. The molecule has 7 heteroatoms. The summed E-state index contributed by atoms with van der Waals surface area (Å²) in [6.45, 7) is 19.3. The van der Waals surface area contributed by atoms with Crippen molar-refractivity contribution >= 4 is 17.9 Å². The molecule has 7 nitrogen and oxygen atoms in total. The zero-order valence-electron chi connectivity index (χ0n) is 22.7. The average molecular weight is 476 g/mol. The first kappa shape index (κ1) is 29.5. The van der Waals surface area contributed by atoms with E-state index in [-0.39, 0.29) is 23.8 Å². The van der Waals surface area contributed by atoms with Gasteiger partial charge in [0.05, 0.1) is 0 Å². The largest absolute Gasteiger partial charge is 0.444 e. The molecular formula is C27H45N3O4. The summed E-state index contributed by atoms with van der Waals surface area (Å²) in [6.07, 6.45) is 0.949. The van der Waals surface area contributed by atoms with Crippen molar-refractivity contribution in [2.24, 2.45) is 5.92 Å². The first-order chi connectivity index (χ1) is 15.7. The molecule has 1 aromatic rings. The van der Waals surface area contributed by atoms with Gasteiger partial charge in [-0.3, -0.25) is 9.59 Å². The van der Waals surface area contributed by atoms with E-state index in [4.69, 9.17) is 4.74 Å². The maximum absolute atomic E-state index is 14.0. The van der Waals surface area contributed by atoms with Crippen molar-refractivity contribution in [1.82, 2.24) is 15.5 Å².